The zero-order chi connectivity index (χ0) is 8.39. The van der Waals surface area contributed by atoms with Gasteiger partial charge in [0.15, 0.2) is 0 Å². The molecule has 2 rings (SSSR count). The van der Waals surface area contributed by atoms with E-state index < -0.39 is 0 Å². The molecule has 0 aromatic carbocycles. The zero-order valence-electron chi connectivity index (χ0n) is 6.98. The molecule has 1 aromatic rings. The number of rotatable bonds is 2. The molecular weight excluding hydrogens is 154 g/mol. The molecule has 1 aliphatic rings. The number of hydrogen-bond acceptors (Lipinski definition) is 4. The molecule has 1 saturated carbocycles. The van der Waals surface area contributed by atoms with Crippen molar-refractivity contribution in [2.45, 2.75) is 32.2 Å². The van der Waals surface area contributed by atoms with Gasteiger partial charge in [0.25, 0.3) is 0 Å². The summed E-state index contributed by atoms with van der Waals surface area (Å²) in [6.07, 6.45) is 5.26. The molecule has 0 atom stereocenters. The Bertz CT molecular complexity index is 250. The Morgan fingerprint density at radius 1 is 1.42 bits per heavy atom. The van der Waals surface area contributed by atoms with Crippen LogP contribution in [0.3, 0.4) is 0 Å². The first kappa shape index (κ1) is 7.52. The van der Waals surface area contributed by atoms with Crippen LogP contribution in [0.25, 0.3) is 0 Å². The van der Waals surface area contributed by atoms with Crippen LogP contribution in [0.4, 0.5) is 5.95 Å². The molecule has 0 saturated heterocycles. The van der Waals surface area contributed by atoms with Crippen LogP contribution in [0.2, 0.25) is 0 Å². The standard InChI is InChI=1S/C7H13N5/c8-7-9-10-11-12(7)5-6-3-1-2-4-6/h6H,1-5H2,(H2,8,9,11). The van der Waals surface area contributed by atoms with Gasteiger partial charge >= 0.3 is 0 Å². The molecule has 1 aromatic heterocycles. The van der Waals surface area contributed by atoms with Crippen LogP contribution < -0.4 is 5.73 Å². The molecule has 0 aliphatic heterocycles. The number of nitrogens with two attached hydrogens (primary N) is 1. The van der Waals surface area contributed by atoms with E-state index in [1.165, 1.54) is 25.7 Å². The summed E-state index contributed by atoms with van der Waals surface area (Å²) in [6, 6.07) is 0. The second-order valence-electron chi connectivity index (χ2n) is 3.37. The van der Waals surface area contributed by atoms with E-state index in [4.69, 9.17) is 5.73 Å². The molecule has 1 heterocycles. The van der Waals surface area contributed by atoms with Gasteiger partial charge in [0.05, 0.1) is 0 Å². The SMILES string of the molecule is Nc1nnnn1CC1CCCC1. The number of aromatic nitrogens is 4. The van der Waals surface area contributed by atoms with E-state index in [0.29, 0.717) is 5.95 Å². The molecule has 5 heteroatoms. The van der Waals surface area contributed by atoms with Gasteiger partial charge in [-0.25, -0.2) is 4.68 Å². The molecule has 0 amide bonds. The molecule has 0 unspecified atom stereocenters. The lowest BCUT2D eigenvalue weighted by Gasteiger charge is -2.07. The van der Waals surface area contributed by atoms with Crippen molar-refractivity contribution in [1.29, 1.82) is 0 Å². The summed E-state index contributed by atoms with van der Waals surface area (Å²) in [5.41, 5.74) is 5.55. The van der Waals surface area contributed by atoms with Gasteiger partial charge in [-0.3, -0.25) is 0 Å². The van der Waals surface area contributed by atoms with E-state index in [2.05, 4.69) is 15.5 Å². The van der Waals surface area contributed by atoms with Gasteiger partial charge in [0, 0.05) is 6.54 Å². The highest BCUT2D eigenvalue weighted by atomic mass is 15.6. The quantitative estimate of drug-likeness (QED) is 0.694. The van der Waals surface area contributed by atoms with Crippen molar-refractivity contribution in [3.8, 4) is 0 Å². The number of nitrogen functional groups attached to an aromatic ring is 1. The van der Waals surface area contributed by atoms with Crippen LogP contribution in [0, 0.1) is 5.92 Å². The summed E-state index contributed by atoms with van der Waals surface area (Å²) in [6.45, 7) is 0.888. The lowest BCUT2D eigenvalue weighted by atomic mass is 10.1. The summed E-state index contributed by atoms with van der Waals surface area (Å²) in [5, 5.41) is 10.9. The van der Waals surface area contributed by atoms with Crippen molar-refractivity contribution in [3.05, 3.63) is 0 Å². The lowest BCUT2D eigenvalue weighted by molar-refractivity contribution is 0.425. The normalized spacial score (nSPS) is 18.7. The maximum Gasteiger partial charge on any atom is 0.240 e. The Kier molecular flexibility index (Phi) is 1.93. The smallest absolute Gasteiger partial charge is 0.240 e. The monoisotopic (exact) mass is 167 g/mol. The Morgan fingerprint density at radius 3 is 2.75 bits per heavy atom. The fourth-order valence-corrected chi connectivity index (χ4v) is 1.78. The molecule has 0 bridgehead atoms. The van der Waals surface area contributed by atoms with Gasteiger partial charge in [0.1, 0.15) is 0 Å². The minimum absolute atomic E-state index is 0.432. The number of anilines is 1. The van der Waals surface area contributed by atoms with E-state index in [-0.39, 0.29) is 0 Å². The summed E-state index contributed by atoms with van der Waals surface area (Å²) in [5.74, 6) is 1.16. The molecule has 1 aliphatic carbocycles. The molecule has 12 heavy (non-hydrogen) atoms. The van der Waals surface area contributed by atoms with Crippen LogP contribution in [-0.2, 0) is 6.54 Å². The van der Waals surface area contributed by atoms with Gasteiger partial charge in [-0.05, 0) is 29.2 Å². The predicted octanol–water partition coefficient (Wildman–Crippen LogP) is 0.445. The Morgan fingerprint density at radius 2 is 2.17 bits per heavy atom. The Labute approximate surface area is 70.9 Å². The summed E-state index contributed by atoms with van der Waals surface area (Å²) < 4.78 is 1.69. The Balaban J connectivity index is 1.98. The summed E-state index contributed by atoms with van der Waals surface area (Å²) >= 11 is 0. The van der Waals surface area contributed by atoms with Gasteiger partial charge in [-0.1, -0.05) is 17.9 Å². The molecule has 1 fully saturated rings. The van der Waals surface area contributed by atoms with E-state index in [9.17, 15) is 0 Å². The molecule has 2 N–H and O–H groups in total. The Hall–Kier alpha value is -1.13. The van der Waals surface area contributed by atoms with E-state index in [1.807, 2.05) is 0 Å². The van der Waals surface area contributed by atoms with Gasteiger partial charge in [-0.2, -0.15) is 0 Å². The zero-order valence-corrected chi connectivity index (χ0v) is 6.98. The fourth-order valence-electron chi connectivity index (χ4n) is 1.78. The minimum Gasteiger partial charge on any atom is -0.367 e. The number of hydrogen-bond donors (Lipinski definition) is 1. The highest BCUT2D eigenvalue weighted by Gasteiger charge is 2.16. The van der Waals surface area contributed by atoms with E-state index in [0.717, 1.165) is 12.5 Å². The van der Waals surface area contributed by atoms with Crippen molar-refractivity contribution in [2.75, 3.05) is 5.73 Å². The highest BCUT2D eigenvalue weighted by molar-refractivity contribution is 5.09. The number of nitrogens with zero attached hydrogens (tertiary/aromatic N) is 4. The maximum atomic E-state index is 5.55. The number of tetrazole rings is 1. The van der Waals surface area contributed by atoms with Crippen LogP contribution in [0.1, 0.15) is 25.7 Å². The summed E-state index contributed by atoms with van der Waals surface area (Å²) in [7, 11) is 0. The molecule has 0 radical (unpaired) electrons. The topological polar surface area (TPSA) is 69.6 Å². The van der Waals surface area contributed by atoms with Crippen molar-refractivity contribution >= 4 is 5.95 Å². The predicted molar refractivity (Wildman–Crippen MR) is 44.2 cm³/mol. The molecule has 5 nitrogen and oxygen atoms in total. The van der Waals surface area contributed by atoms with E-state index >= 15 is 0 Å². The third-order valence-corrected chi connectivity index (χ3v) is 2.47. The average molecular weight is 167 g/mol. The molecule has 66 valence electrons. The lowest BCUT2D eigenvalue weighted by Crippen LogP contribution is -2.11. The largest absolute Gasteiger partial charge is 0.367 e. The van der Waals surface area contributed by atoms with Crippen LogP contribution in [0.5, 0.6) is 0 Å². The first-order valence-electron chi connectivity index (χ1n) is 4.38. The van der Waals surface area contributed by atoms with Crippen molar-refractivity contribution < 1.29 is 0 Å². The molecular formula is C7H13N5. The van der Waals surface area contributed by atoms with Crippen molar-refractivity contribution in [1.82, 2.24) is 20.2 Å². The second kappa shape index (κ2) is 3.08. The van der Waals surface area contributed by atoms with Crippen LogP contribution in [-0.4, -0.2) is 20.2 Å². The first-order chi connectivity index (χ1) is 5.86. The highest BCUT2D eigenvalue weighted by Crippen LogP contribution is 2.26. The van der Waals surface area contributed by atoms with Crippen LogP contribution in [0.15, 0.2) is 0 Å². The van der Waals surface area contributed by atoms with Crippen molar-refractivity contribution in [2.24, 2.45) is 5.92 Å². The maximum absolute atomic E-state index is 5.55. The second-order valence-corrected chi connectivity index (χ2v) is 3.37. The van der Waals surface area contributed by atoms with Gasteiger partial charge in [-0.15, -0.1) is 0 Å². The van der Waals surface area contributed by atoms with Gasteiger partial charge < -0.3 is 5.73 Å². The fraction of sp³-hybridized carbons (Fsp3) is 0.857. The molecule has 0 spiro atoms. The van der Waals surface area contributed by atoms with Gasteiger partial charge in [0.2, 0.25) is 5.95 Å². The summed E-state index contributed by atoms with van der Waals surface area (Å²) in [4.78, 5) is 0. The third kappa shape index (κ3) is 1.39. The van der Waals surface area contributed by atoms with E-state index in [1.54, 1.807) is 4.68 Å². The average Bonchev–Trinajstić information content (AvgIpc) is 2.65. The van der Waals surface area contributed by atoms with Crippen molar-refractivity contribution in [3.63, 3.8) is 0 Å². The minimum atomic E-state index is 0.432. The van der Waals surface area contributed by atoms with Crippen LogP contribution >= 0.6 is 0 Å². The first-order valence-corrected chi connectivity index (χ1v) is 4.38. The third-order valence-electron chi connectivity index (χ3n) is 2.47.